The van der Waals surface area contributed by atoms with Gasteiger partial charge in [-0.25, -0.2) is 14.4 Å². The van der Waals surface area contributed by atoms with Gasteiger partial charge >= 0.3 is 0 Å². The Balaban J connectivity index is 1.02. The maximum absolute atomic E-state index is 14.8. The van der Waals surface area contributed by atoms with Crippen LogP contribution in [0.5, 0.6) is 5.75 Å². The van der Waals surface area contributed by atoms with Gasteiger partial charge in [0, 0.05) is 32.2 Å². The van der Waals surface area contributed by atoms with Crippen LogP contribution in [0.2, 0.25) is 5.02 Å². The van der Waals surface area contributed by atoms with Crippen LogP contribution in [-0.2, 0) is 11.2 Å². The zero-order valence-electron chi connectivity index (χ0n) is 22.6. The van der Waals surface area contributed by atoms with E-state index in [0.29, 0.717) is 28.9 Å². The Bertz CT molecular complexity index is 1080. The van der Waals surface area contributed by atoms with Crippen molar-refractivity contribution in [2.75, 3.05) is 31.6 Å². The van der Waals surface area contributed by atoms with Gasteiger partial charge < -0.3 is 14.5 Å². The van der Waals surface area contributed by atoms with Crippen LogP contribution >= 0.6 is 11.6 Å². The first-order valence-electron chi connectivity index (χ1n) is 14.3. The molecule has 38 heavy (non-hydrogen) atoms. The number of carbonyl (C=O) groups is 1. The van der Waals surface area contributed by atoms with Gasteiger partial charge in [0.2, 0.25) is 11.9 Å². The van der Waals surface area contributed by atoms with E-state index in [-0.39, 0.29) is 24.2 Å². The first-order valence-corrected chi connectivity index (χ1v) is 14.6. The Morgan fingerprint density at radius 2 is 1.84 bits per heavy atom. The average Bonchev–Trinajstić information content (AvgIpc) is 3.70. The van der Waals surface area contributed by atoms with Crippen LogP contribution in [0, 0.1) is 29.5 Å². The normalized spacial score (nSPS) is 25.7. The molecule has 0 spiro atoms. The smallest absolute Gasteiger partial charge is 0.227 e. The van der Waals surface area contributed by atoms with Gasteiger partial charge in [-0.1, -0.05) is 24.6 Å². The fraction of sp³-hybridized carbons (Fsp3) is 0.633. The summed E-state index contributed by atoms with van der Waals surface area (Å²) in [7, 11) is 1.86. The number of hydrogen-bond acceptors (Lipinski definition) is 5. The van der Waals surface area contributed by atoms with Crippen LogP contribution in [0.25, 0.3) is 0 Å². The van der Waals surface area contributed by atoms with Crippen LogP contribution in [0.1, 0.15) is 63.9 Å². The van der Waals surface area contributed by atoms with Crippen molar-refractivity contribution in [3.63, 3.8) is 0 Å². The second kappa shape index (κ2) is 12.2. The quantitative estimate of drug-likeness (QED) is 0.379. The molecule has 2 saturated carbocycles. The Morgan fingerprint density at radius 1 is 1.13 bits per heavy atom. The molecule has 206 valence electrons. The van der Waals surface area contributed by atoms with E-state index in [4.69, 9.17) is 16.3 Å². The molecular formula is C30H40ClFN4O2. The zero-order valence-corrected chi connectivity index (χ0v) is 23.4. The molecule has 8 heteroatoms. The maximum atomic E-state index is 14.8. The molecule has 1 aromatic heterocycles. The van der Waals surface area contributed by atoms with Crippen molar-refractivity contribution in [1.29, 1.82) is 0 Å². The minimum Gasteiger partial charge on any atom is -0.493 e. The molecule has 1 aliphatic heterocycles. The van der Waals surface area contributed by atoms with Crippen LogP contribution in [0.4, 0.5) is 10.3 Å². The molecule has 2 aromatic rings. The van der Waals surface area contributed by atoms with Crippen molar-refractivity contribution in [3.05, 3.63) is 47.0 Å². The molecule has 1 saturated heterocycles. The van der Waals surface area contributed by atoms with Gasteiger partial charge in [0.1, 0.15) is 11.6 Å². The van der Waals surface area contributed by atoms with Crippen molar-refractivity contribution >= 4 is 23.5 Å². The molecule has 1 aromatic carbocycles. The van der Waals surface area contributed by atoms with E-state index >= 15 is 0 Å². The number of nitrogens with zero attached hydrogens (tertiary/aromatic N) is 4. The van der Waals surface area contributed by atoms with Gasteiger partial charge in [0.15, 0.2) is 0 Å². The van der Waals surface area contributed by atoms with E-state index in [9.17, 15) is 9.18 Å². The summed E-state index contributed by atoms with van der Waals surface area (Å²) in [5, 5.41) is 0.563. The predicted octanol–water partition coefficient (Wildman–Crippen LogP) is 6.17. The number of anilines is 1. The third-order valence-corrected chi connectivity index (χ3v) is 9.26. The summed E-state index contributed by atoms with van der Waals surface area (Å²) in [6, 6.07) is 5.22. The third kappa shape index (κ3) is 6.77. The highest BCUT2D eigenvalue weighted by molar-refractivity contribution is 6.30. The SMILES string of the molecule is CC1CCC(N(C)C(=O)Cc2ccc(OCCC3CC3C3CCN(c4ncc(Cl)cn4)CC3)cc2F)CC1. The van der Waals surface area contributed by atoms with Gasteiger partial charge in [0.25, 0.3) is 0 Å². The highest BCUT2D eigenvalue weighted by Gasteiger charge is 2.43. The lowest BCUT2D eigenvalue weighted by molar-refractivity contribution is -0.132. The number of aromatic nitrogens is 2. The summed E-state index contributed by atoms with van der Waals surface area (Å²) in [4.78, 5) is 25.5. The highest BCUT2D eigenvalue weighted by atomic mass is 35.5. The summed E-state index contributed by atoms with van der Waals surface area (Å²) < 4.78 is 20.7. The Hall–Kier alpha value is -2.41. The summed E-state index contributed by atoms with van der Waals surface area (Å²) in [6.45, 7) is 4.83. The number of benzene rings is 1. The lowest BCUT2D eigenvalue weighted by Gasteiger charge is -2.33. The minimum absolute atomic E-state index is 0.0107. The van der Waals surface area contributed by atoms with Crippen LogP contribution in [-0.4, -0.2) is 53.6 Å². The van der Waals surface area contributed by atoms with Gasteiger partial charge in [-0.3, -0.25) is 4.79 Å². The van der Waals surface area contributed by atoms with Crippen molar-refractivity contribution in [2.24, 2.45) is 23.7 Å². The second-order valence-electron chi connectivity index (χ2n) is 11.7. The molecule has 2 aliphatic carbocycles. The summed E-state index contributed by atoms with van der Waals surface area (Å²) >= 11 is 5.90. The molecular weight excluding hydrogens is 503 g/mol. The third-order valence-electron chi connectivity index (χ3n) is 9.06. The molecule has 2 heterocycles. The van der Waals surface area contributed by atoms with Gasteiger partial charge in [-0.2, -0.15) is 0 Å². The van der Waals surface area contributed by atoms with E-state index in [1.165, 1.54) is 12.5 Å². The van der Waals surface area contributed by atoms with Gasteiger partial charge in [-0.15, -0.1) is 0 Å². The molecule has 1 amide bonds. The molecule has 2 atom stereocenters. The fourth-order valence-electron chi connectivity index (χ4n) is 6.39. The maximum Gasteiger partial charge on any atom is 0.227 e. The molecule has 5 rings (SSSR count). The Morgan fingerprint density at radius 3 is 2.53 bits per heavy atom. The number of carbonyl (C=O) groups excluding carboxylic acids is 1. The topological polar surface area (TPSA) is 58.6 Å². The van der Waals surface area contributed by atoms with E-state index < -0.39 is 0 Å². The van der Waals surface area contributed by atoms with Crippen molar-refractivity contribution < 1.29 is 13.9 Å². The van der Waals surface area contributed by atoms with E-state index in [1.807, 2.05) is 11.9 Å². The molecule has 0 radical (unpaired) electrons. The molecule has 6 nitrogen and oxygen atoms in total. The first-order chi connectivity index (χ1) is 18.4. The Kier molecular flexibility index (Phi) is 8.71. The average molecular weight is 543 g/mol. The zero-order chi connectivity index (χ0) is 26.6. The van der Waals surface area contributed by atoms with E-state index in [2.05, 4.69) is 21.8 Å². The van der Waals surface area contributed by atoms with Crippen molar-refractivity contribution in [1.82, 2.24) is 14.9 Å². The summed E-state index contributed by atoms with van der Waals surface area (Å²) in [5.41, 5.74) is 0.441. The largest absolute Gasteiger partial charge is 0.493 e. The molecule has 0 bridgehead atoms. The minimum atomic E-state index is -0.359. The standard InChI is InChI=1S/C30H40ClFN4O2/c1-20-3-6-25(7-4-20)35(2)29(37)16-23-5-8-26(17-28(23)32)38-14-11-22-15-27(22)21-9-12-36(13-10-21)30-33-18-24(31)19-34-30/h5,8,17-22,25,27H,3-4,6-7,9-16H2,1-2H3. The number of halogens is 2. The fourth-order valence-corrected chi connectivity index (χ4v) is 6.48. The number of likely N-dealkylation sites (N-methyl/N-ethyl adjacent to an activating group) is 1. The molecule has 3 aliphatic rings. The summed E-state index contributed by atoms with van der Waals surface area (Å²) in [6.07, 6.45) is 12.4. The lowest BCUT2D eigenvalue weighted by atomic mass is 9.86. The van der Waals surface area contributed by atoms with Crippen LogP contribution < -0.4 is 9.64 Å². The first kappa shape index (κ1) is 27.2. The number of rotatable bonds is 9. The molecule has 3 fully saturated rings. The van der Waals surface area contributed by atoms with Gasteiger partial charge in [-0.05, 0) is 86.7 Å². The summed E-state index contributed by atoms with van der Waals surface area (Å²) in [5.74, 6) is 3.88. The number of amides is 1. The Labute approximate surface area is 230 Å². The van der Waals surface area contributed by atoms with E-state index in [0.717, 1.165) is 81.7 Å². The van der Waals surface area contributed by atoms with Gasteiger partial charge in [0.05, 0.1) is 30.4 Å². The van der Waals surface area contributed by atoms with Crippen LogP contribution in [0.3, 0.4) is 0 Å². The number of ether oxygens (including phenoxy) is 1. The highest BCUT2D eigenvalue weighted by Crippen LogP contribution is 2.49. The van der Waals surface area contributed by atoms with Crippen molar-refractivity contribution in [3.8, 4) is 5.75 Å². The number of piperidine rings is 1. The predicted molar refractivity (Wildman–Crippen MR) is 148 cm³/mol. The second-order valence-corrected chi connectivity index (χ2v) is 12.1. The monoisotopic (exact) mass is 542 g/mol. The van der Waals surface area contributed by atoms with Crippen molar-refractivity contribution in [2.45, 2.75) is 70.8 Å². The lowest BCUT2D eigenvalue weighted by Crippen LogP contribution is -2.40. The number of hydrogen-bond donors (Lipinski definition) is 0. The molecule has 2 unspecified atom stereocenters. The molecule has 0 N–H and O–H groups in total. The van der Waals surface area contributed by atoms with E-state index in [1.54, 1.807) is 24.5 Å². The van der Waals surface area contributed by atoms with Crippen LogP contribution in [0.15, 0.2) is 30.6 Å².